The van der Waals surface area contributed by atoms with E-state index in [9.17, 15) is 4.79 Å². The Morgan fingerprint density at radius 1 is 1.35 bits per heavy atom. The lowest BCUT2D eigenvalue weighted by atomic mass is 10.1. The molecular weight excluding hydrogens is 218 g/mol. The van der Waals surface area contributed by atoms with Gasteiger partial charge in [-0.15, -0.1) is 0 Å². The predicted octanol–water partition coefficient (Wildman–Crippen LogP) is 1.34. The number of nitrogens with one attached hydrogen (secondary N) is 1. The summed E-state index contributed by atoms with van der Waals surface area (Å²) in [5, 5.41) is 11.5. The lowest BCUT2D eigenvalue weighted by molar-refractivity contribution is 0.0947. The van der Waals surface area contributed by atoms with Crippen molar-refractivity contribution in [3.63, 3.8) is 0 Å². The van der Waals surface area contributed by atoms with Crippen molar-refractivity contribution in [2.24, 2.45) is 0 Å². The molecule has 4 nitrogen and oxygen atoms in total. The van der Waals surface area contributed by atoms with Gasteiger partial charge in [0.1, 0.15) is 0 Å². The molecule has 0 aliphatic rings. The van der Waals surface area contributed by atoms with Gasteiger partial charge in [0.25, 0.3) is 5.91 Å². The van der Waals surface area contributed by atoms with Crippen LogP contribution in [-0.4, -0.2) is 31.3 Å². The van der Waals surface area contributed by atoms with Gasteiger partial charge in [-0.25, -0.2) is 0 Å². The second-order valence-electron chi connectivity index (χ2n) is 3.78. The summed E-state index contributed by atoms with van der Waals surface area (Å²) in [6.07, 6.45) is 1.49. The Morgan fingerprint density at radius 3 is 2.82 bits per heavy atom. The van der Waals surface area contributed by atoms with Gasteiger partial charge in [-0.2, -0.15) is 0 Å². The van der Waals surface area contributed by atoms with Gasteiger partial charge in [-0.1, -0.05) is 18.2 Å². The Labute approximate surface area is 102 Å². The average molecular weight is 237 g/mol. The maximum absolute atomic E-state index is 11.9. The third kappa shape index (κ3) is 4.54. The van der Waals surface area contributed by atoms with Gasteiger partial charge in [0.05, 0.1) is 6.61 Å². The van der Waals surface area contributed by atoms with E-state index in [0.29, 0.717) is 25.1 Å². The zero-order chi connectivity index (χ0) is 12.5. The summed E-state index contributed by atoms with van der Waals surface area (Å²) in [7, 11) is 1.61. The number of rotatable bonds is 7. The van der Waals surface area contributed by atoms with Crippen LogP contribution in [0.1, 0.15) is 28.8 Å². The minimum Gasteiger partial charge on any atom is -0.396 e. The monoisotopic (exact) mass is 237 g/mol. The highest BCUT2D eigenvalue weighted by molar-refractivity contribution is 5.95. The average Bonchev–Trinajstić information content (AvgIpc) is 2.35. The Balaban J connectivity index is 2.55. The summed E-state index contributed by atoms with van der Waals surface area (Å²) in [4.78, 5) is 11.9. The number of carbonyl (C=O) groups excluding carboxylic acids is 1. The van der Waals surface area contributed by atoms with Crippen LogP contribution in [0.2, 0.25) is 0 Å². The molecule has 0 saturated carbocycles. The molecule has 94 valence electrons. The minimum atomic E-state index is -0.0874. The number of carbonyl (C=O) groups is 1. The smallest absolute Gasteiger partial charge is 0.251 e. The van der Waals surface area contributed by atoms with Crippen molar-refractivity contribution >= 4 is 5.91 Å². The van der Waals surface area contributed by atoms with Crippen LogP contribution in [0.3, 0.4) is 0 Å². The van der Waals surface area contributed by atoms with E-state index >= 15 is 0 Å². The predicted molar refractivity (Wildman–Crippen MR) is 65.8 cm³/mol. The highest BCUT2D eigenvalue weighted by Gasteiger charge is 2.09. The lowest BCUT2D eigenvalue weighted by Crippen LogP contribution is -2.25. The third-order valence-corrected chi connectivity index (χ3v) is 2.43. The maximum atomic E-state index is 11.9. The van der Waals surface area contributed by atoms with Crippen LogP contribution in [0, 0.1) is 0 Å². The van der Waals surface area contributed by atoms with E-state index in [1.807, 2.05) is 18.2 Å². The molecule has 1 aromatic rings. The molecule has 1 aromatic carbocycles. The van der Waals surface area contributed by atoms with Crippen LogP contribution in [0.15, 0.2) is 24.3 Å². The Kier molecular flexibility index (Phi) is 6.29. The van der Waals surface area contributed by atoms with Gasteiger partial charge < -0.3 is 15.2 Å². The normalized spacial score (nSPS) is 10.2. The molecule has 0 atom stereocenters. The van der Waals surface area contributed by atoms with Crippen LogP contribution in [0.4, 0.5) is 0 Å². The Morgan fingerprint density at radius 2 is 2.12 bits per heavy atom. The van der Waals surface area contributed by atoms with Gasteiger partial charge in [-0.3, -0.25) is 4.79 Å². The first-order chi connectivity index (χ1) is 8.29. The molecular formula is C13H19NO3. The highest BCUT2D eigenvalue weighted by atomic mass is 16.5. The first-order valence-electron chi connectivity index (χ1n) is 5.75. The summed E-state index contributed by atoms with van der Waals surface area (Å²) in [6, 6.07) is 7.39. The molecule has 0 fully saturated rings. The maximum Gasteiger partial charge on any atom is 0.251 e. The molecule has 17 heavy (non-hydrogen) atoms. The topological polar surface area (TPSA) is 58.6 Å². The van der Waals surface area contributed by atoms with Gasteiger partial charge in [0.2, 0.25) is 0 Å². The van der Waals surface area contributed by atoms with Crippen LogP contribution in [0.5, 0.6) is 0 Å². The minimum absolute atomic E-state index is 0.0874. The summed E-state index contributed by atoms with van der Waals surface area (Å²) >= 11 is 0. The molecule has 2 N–H and O–H groups in total. The highest BCUT2D eigenvalue weighted by Crippen LogP contribution is 2.09. The second kappa shape index (κ2) is 7.81. The first-order valence-corrected chi connectivity index (χ1v) is 5.75. The van der Waals surface area contributed by atoms with Crippen molar-refractivity contribution < 1.29 is 14.6 Å². The fourth-order valence-corrected chi connectivity index (χ4v) is 1.56. The van der Waals surface area contributed by atoms with E-state index in [-0.39, 0.29) is 12.5 Å². The lowest BCUT2D eigenvalue weighted by Gasteiger charge is -2.09. The van der Waals surface area contributed by atoms with E-state index in [2.05, 4.69) is 5.32 Å². The number of hydrogen-bond acceptors (Lipinski definition) is 3. The van der Waals surface area contributed by atoms with Crippen molar-refractivity contribution in [2.75, 3.05) is 20.3 Å². The summed E-state index contributed by atoms with van der Waals surface area (Å²) in [5.74, 6) is -0.0874. The Hall–Kier alpha value is -1.39. The Bertz CT molecular complexity index is 352. The molecule has 0 heterocycles. The van der Waals surface area contributed by atoms with E-state index in [0.717, 1.165) is 12.0 Å². The number of amides is 1. The van der Waals surface area contributed by atoms with Crippen LogP contribution >= 0.6 is 0 Å². The standard InChI is InChI=1S/C13H19NO3/c1-17-10-11-6-2-3-7-12(11)13(16)14-8-4-5-9-15/h2-3,6-7,15H,4-5,8-10H2,1H3,(H,14,16). The van der Waals surface area contributed by atoms with E-state index < -0.39 is 0 Å². The molecule has 0 unspecified atom stereocenters. The molecule has 0 saturated heterocycles. The molecule has 0 aromatic heterocycles. The molecule has 1 rings (SSSR count). The molecule has 4 heteroatoms. The third-order valence-electron chi connectivity index (χ3n) is 2.43. The molecule has 0 aliphatic heterocycles. The van der Waals surface area contributed by atoms with E-state index in [4.69, 9.17) is 9.84 Å². The van der Waals surface area contributed by atoms with Crippen LogP contribution in [-0.2, 0) is 11.3 Å². The van der Waals surface area contributed by atoms with Gasteiger partial charge in [0.15, 0.2) is 0 Å². The number of aliphatic hydroxyl groups excluding tert-OH is 1. The number of benzene rings is 1. The number of methoxy groups -OCH3 is 1. The van der Waals surface area contributed by atoms with Gasteiger partial charge in [0, 0.05) is 25.8 Å². The molecule has 0 radical (unpaired) electrons. The van der Waals surface area contributed by atoms with Gasteiger partial charge >= 0.3 is 0 Å². The number of hydrogen-bond donors (Lipinski definition) is 2. The van der Waals surface area contributed by atoms with Crippen molar-refractivity contribution in [3.05, 3.63) is 35.4 Å². The molecule has 1 amide bonds. The summed E-state index contributed by atoms with van der Waals surface area (Å²) in [5.41, 5.74) is 1.54. The molecule has 0 aliphatic carbocycles. The van der Waals surface area contributed by atoms with Crippen molar-refractivity contribution in [1.82, 2.24) is 5.32 Å². The van der Waals surface area contributed by atoms with E-state index in [1.54, 1.807) is 13.2 Å². The SMILES string of the molecule is COCc1ccccc1C(=O)NCCCCO. The van der Waals surface area contributed by atoms with Crippen LogP contribution < -0.4 is 5.32 Å². The fourth-order valence-electron chi connectivity index (χ4n) is 1.56. The summed E-state index contributed by atoms with van der Waals surface area (Å²) < 4.78 is 5.05. The zero-order valence-corrected chi connectivity index (χ0v) is 10.1. The quantitative estimate of drug-likeness (QED) is 0.703. The number of aliphatic hydroxyl groups is 1. The fraction of sp³-hybridized carbons (Fsp3) is 0.462. The molecule has 0 bridgehead atoms. The second-order valence-corrected chi connectivity index (χ2v) is 3.78. The molecule has 0 spiro atoms. The largest absolute Gasteiger partial charge is 0.396 e. The zero-order valence-electron chi connectivity index (χ0n) is 10.1. The van der Waals surface area contributed by atoms with Crippen molar-refractivity contribution in [1.29, 1.82) is 0 Å². The van der Waals surface area contributed by atoms with Crippen molar-refractivity contribution in [3.8, 4) is 0 Å². The number of unbranched alkanes of at least 4 members (excludes halogenated alkanes) is 1. The van der Waals surface area contributed by atoms with Crippen LogP contribution in [0.25, 0.3) is 0 Å². The first kappa shape index (κ1) is 13.7. The van der Waals surface area contributed by atoms with E-state index in [1.165, 1.54) is 0 Å². The van der Waals surface area contributed by atoms with Gasteiger partial charge in [-0.05, 0) is 24.5 Å². The summed E-state index contributed by atoms with van der Waals surface area (Å²) in [6.45, 7) is 1.18. The van der Waals surface area contributed by atoms with Crippen molar-refractivity contribution in [2.45, 2.75) is 19.4 Å². The number of ether oxygens (including phenoxy) is 1.